The highest BCUT2D eigenvalue weighted by Gasteiger charge is 2.04. The van der Waals surface area contributed by atoms with Crippen molar-refractivity contribution in [3.05, 3.63) is 0 Å². The van der Waals surface area contributed by atoms with Crippen LogP contribution in [0.15, 0.2) is 0 Å². The molecule has 0 aromatic heterocycles. The Morgan fingerprint density at radius 2 is 2.00 bits per heavy atom. The number of hydrogen-bond acceptors (Lipinski definition) is 3. The van der Waals surface area contributed by atoms with Gasteiger partial charge in [-0.05, 0) is 6.92 Å². The largest absolute Gasteiger partial charge is 0.394 e. The van der Waals surface area contributed by atoms with Gasteiger partial charge < -0.3 is 10.4 Å². The standard InChI is InChI=1S/C6H13N3O3/c1-4(3-10)7-6(12)9-8-5(2)11/h4,10H,3H2,1-2H3,(H,8,11)(H2,7,9,12)/t4-/m0/s1. The lowest BCUT2D eigenvalue weighted by Crippen LogP contribution is -2.49. The zero-order valence-electron chi connectivity index (χ0n) is 7.05. The first-order valence-corrected chi connectivity index (χ1v) is 3.50. The lowest BCUT2D eigenvalue weighted by atomic mass is 10.4. The highest BCUT2D eigenvalue weighted by molar-refractivity contribution is 5.79. The van der Waals surface area contributed by atoms with Crippen LogP contribution in [0.4, 0.5) is 4.79 Å². The number of aliphatic hydroxyl groups excluding tert-OH is 1. The van der Waals surface area contributed by atoms with Crippen molar-refractivity contribution in [2.45, 2.75) is 19.9 Å². The number of nitrogens with one attached hydrogen (secondary N) is 3. The summed E-state index contributed by atoms with van der Waals surface area (Å²) in [5, 5.41) is 10.9. The number of carbonyl (C=O) groups excluding carboxylic acids is 2. The van der Waals surface area contributed by atoms with Crippen molar-refractivity contribution < 1.29 is 14.7 Å². The van der Waals surface area contributed by atoms with Crippen molar-refractivity contribution in [3.63, 3.8) is 0 Å². The molecule has 1 atom stereocenters. The van der Waals surface area contributed by atoms with E-state index in [0.29, 0.717) is 0 Å². The third-order valence-electron chi connectivity index (χ3n) is 1.00. The molecule has 0 spiro atoms. The van der Waals surface area contributed by atoms with E-state index in [2.05, 4.69) is 16.2 Å². The summed E-state index contributed by atoms with van der Waals surface area (Å²) in [6, 6.07) is -0.884. The first-order valence-electron chi connectivity index (χ1n) is 3.50. The summed E-state index contributed by atoms with van der Waals surface area (Å²) in [6.45, 7) is 2.76. The molecule has 0 saturated carbocycles. The normalized spacial score (nSPS) is 11.6. The van der Waals surface area contributed by atoms with Gasteiger partial charge in [-0.15, -0.1) is 0 Å². The lowest BCUT2D eigenvalue weighted by Gasteiger charge is -2.11. The minimum absolute atomic E-state index is 0.145. The summed E-state index contributed by atoms with van der Waals surface area (Å²) in [7, 11) is 0. The van der Waals surface area contributed by atoms with Gasteiger partial charge in [0.15, 0.2) is 0 Å². The molecule has 6 heteroatoms. The topological polar surface area (TPSA) is 90.5 Å². The molecule has 0 aliphatic carbocycles. The molecule has 70 valence electrons. The molecule has 0 aliphatic heterocycles. The molecular formula is C6H13N3O3. The van der Waals surface area contributed by atoms with Gasteiger partial charge in [-0.3, -0.25) is 10.2 Å². The number of hydrazine groups is 1. The molecule has 0 bridgehead atoms. The van der Waals surface area contributed by atoms with Gasteiger partial charge in [0.25, 0.3) is 0 Å². The first-order chi connectivity index (χ1) is 5.56. The molecule has 0 saturated heterocycles. The number of aliphatic hydroxyl groups is 1. The van der Waals surface area contributed by atoms with E-state index in [9.17, 15) is 9.59 Å². The smallest absolute Gasteiger partial charge is 0.333 e. The summed E-state index contributed by atoms with van der Waals surface area (Å²) >= 11 is 0. The fourth-order valence-electron chi connectivity index (χ4n) is 0.450. The average molecular weight is 175 g/mol. The van der Waals surface area contributed by atoms with Crippen molar-refractivity contribution in [3.8, 4) is 0 Å². The molecule has 0 heterocycles. The minimum Gasteiger partial charge on any atom is -0.394 e. The Morgan fingerprint density at radius 1 is 1.42 bits per heavy atom. The van der Waals surface area contributed by atoms with Crippen molar-refractivity contribution in [2.24, 2.45) is 0 Å². The Hall–Kier alpha value is -1.30. The highest BCUT2D eigenvalue weighted by Crippen LogP contribution is 1.76. The van der Waals surface area contributed by atoms with Crippen molar-refractivity contribution >= 4 is 11.9 Å². The number of urea groups is 1. The van der Waals surface area contributed by atoms with Crippen LogP contribution < -0.4 is 16.2 Å². The Bertz CT molecular complexity index is 171. The summed E-state index contributed by atoms with van der Waals surface area (Å²) in [4.78, 5) is 21.1. The Morgan fingerprint density at radius 3 is 2.42 bits per heavy atom. The predicted molar refractivity (Wildman–Crippen MR) is 42.0 cm³/mol. The Labute approximate surface area is 70.3 Å². The molecule has 0 aromatic rings. The van der Waals surface area contributed by atoms with Crippen LogP contribution in [0.5, 0.6) is 0 Å². The second-order valence-electron chi connectivity index (χ2n) is 2.36. The van der Waals surface area contributed by atoms with E-state index >= 15 is 0 Å². The van der Waals surface area contributed by atoms with Crippen LogP contribution in [0, 0.1) is 0 Å². The number of carbonyl (C=O) groups is 2. The maximum absolute atomic E-state index is 10.8. The molecule has 12 heavy (non-hydrogen) atoms. The minimum atomic E-state index is -0.549. The number of amides is 3. The van der Waals surface area contributed by atoms with Crippen molar-refractivity contribution in [1.82, 2.24) is 16.2 Å². The SMILES string of the molecule is CC(=O)NNC(=O)N[C@@H](C)CO. The van der Waals surface area contributed by atoms with Crippen LogP contribution in [0.1, 0.15) is 13.8 Å². The lowest BCUT2D eigenvalue weighted by molar-refractivity contribution is -0.119. The van der Waals surface area contributed by atoms with Gasteiger partial charge >= 0.3 is 6.03 Å². The van der Waals surface area contributed by atoms with Gasteiger partial charge in [-0.25, -0.2) is 10.2 Å². The van der Waals surface area contributed by atoms with Crippen LogP contribution in [0.3, 0.4) is 0 Å². The maximum atomic E-state index is 10.8. The van der Waals surface area contributed by atoms with Crippen molar-refractivity contribution in [1.29, 1.82) is 0 Å². The predicted octanol–water partition coefficient (Wildman–Crippen LogP) is -1.28. The summed E-state index contributed by atoms with van der Waals surface area (Å²) in [5.74, 6) is -0.359. The fraction of sp³-hybridized carbons (Fsp3) is 0.667. The summed E-state index contributed by atoms with van der Waals surface area (Å²) in [5.41, 5.74) is 4.18. The molecule has 0 radical (unpaired) electrons. The monoisotopic (exact) mass is 175 g/mol. The quantitative estimate of drug-likeness (QED) is 0.394. The van der Waals surface area contributed by atoms with Crippen LogP contribution in [0.2, 0.25) is 0 Å². The molecule has 4 N–H and O–H groups in total. The van der Waals surface area contributed by atoms with Crippen LogP contribution in [0.25, 0.3) is 0 Å². The summed E-state index contributed by atoms with van der Waals surface area (Å²) < 4.78 is 0. The second kappa shape index (κ2) is 5.36. The van der Waals surface area contributed by atoms with Gasteiger partial charge in [-0.2, -0.15) is 0 Å². The van der Waals surface area contributed by atoms with E-state index < -0.39 is 6.03 Å². The highest BCUT2D eigenvalue weighted by atomic mass is 16.3. The van der Waals surface area contributed by atoms with Gasteiger partial charge in [0.2, 0.25) is 5.91 Å². The first kappa shape index (κ1) is 10.7. The maximum Gasteiger partial charge on any atom is 0.333 e. The van der Waals surface area contributed by atoms with Gasteiger partial charge in [0.05, 0.1) is 12.6 Å². The van der Waals surface area contributed by atoms with Crippen LogP contribution in [-0.2, 0) is 4.79 Å². The second-order valence-corrected chi connectivity index (χ2v) is 2.36. The number of hydrogen-bond donors (Lipinski definition) is 4. The van der Waals surface area contributed by atoms with Gasteiger partial charge in [0.1, 0.15) is 0 Å². The summed E-state index contributed by atoms with van der Waals surface area (Å²) in [6.07, 6.45) is 0. The zero-order chi connectivity index (χ0) is 9.56. The van der Waals surface area contributed by atoms with Crippen LogP contribution >= 0.6 is 0 Å². The molecule has 3 amide bonds. The van der Waals surface area contributed by atoms with E-state index in [-0.39, 0.29) is 18.6 Å². The van der Waals surface area contributed by atoms with Crippen molar-refractivity contribution in [2.75, 3.05) is 6.61 Å². The molecule has 0 rings (SSSR count). The van der Waals surface area contributed by atoms with E-state index in [1.165, 1.54) is 6.92 Å². The third kappa shape index (κ3) is 5.48. The fourth-order valence-corrected chi connectivity index (χ4v) is 0.450. The molecule has 0 fully saturated rings. The molecule has 0 aliphatic rings. The molecule has 0 aromatic carbocycles. The van der Waals surface area contributed by atoms with Gasteiger partial charge in [-0.1, -0.05) is 0 Å². The third-order valence-corrected chi connectivity index (χ3v) is 1.00. The van der Waals surface area contributed by atoms with E-state index in [1.807, 2.05) is 0 Å². The van der Waals surface area contributed by atoms with E-state index in [1.54, 1.807) is 6.92 Å². The van der Waals surface area contributed by atoms with E-state index in [4.69, 9.17) is 5.11 Å². The zero-order valence-corrected chi connectivity index (χ0v) is 7.05. The van der Waals surface area contributed by atoms with Crippen LogP contribution in [-0.4, -0.2) is 29.7 Å². The molecular weight excluding hydrogens is 162 g/mol. The Kier molecular flexibility index (Phi) is 4.78. The molecule has 6 nitrogen and oxygen atoms in total. The average Bonchev–Trinajstić information content (AvgIpc) is 2.00. The molecule has 0 unspecified atom stereocenters. The van der Waals surface area contributed by atoms with E-state index in [0.717, 1.165) is 0 Å². The van der Waals surface area contributed by atoms with Gasteiger partial charge in [0, 0.05) is 6.92 Å². The Balaban J connectivity index is 3.53. The number of rotatable bonds is 2.